The fraction of sp³-hybridized carbons (Fsp3) is 0.0714. The number of halogens is 1. The molecule has 96 valence electrons. The maximum absolute atomic E-state index is 5.75. The highest BCUT2D eigenvalue weighted by molar-refractivity contribution is 9.10. The SMILES string of the molecule is Brc1c(Oc2ccccc2)cnn1Cc1ccco1. The summed E-state index contributed by atoms with van der Waals surface area (Å²) in [5, 5.41) is 4.27. The number of ether oxygens (including phenoxy) is 1. The Morgan fingerprint density at radius 3 is 2.74 bits per heavy atom. The van der Waals surface area contributed by atoms with Crippen LogP contribution in [0.2, 0.25) is 0 Å². The Kier molecular flexibility index (Phi) is 3.37. The smallest absolute Gasteiger partial charge is 0.179 e. The summed E-state index contributed by atoms with van der Waals surface area (Å²) in [6.45, 7) is 0.561. The van der Waals surface area contributed by atoms with Crippen molar-refractivity contribution in [2.45, 2.75) is 6.54 Å². The standard InChI is InChI=1S/C14H11BrN2O2/c15-14-13(19-11-5-2-1-3-6-11)9-16-17(14)10-12-7-4-8-18-12/h1-9H,10H2. The molecule has 19 heavy (non-hydrogen) atoms. The number of aromatic nitrogens is 2. The predicted molar refractivity (Wildman–Crippen MR) is 74.3 cm³/mol. The van der Waals surface area contributed by atoms with Gasteiger partial charge in [-0.15, -0.1) is 0 Å². The van der Waals surface area contributed by atoms with Crippen molar-refractivity contribution < 1.29 is 9.15 Å². The van der Waals surface area contributed by atoms with E-state index in [1.165, 1.54) is 0 Å². The molecule has 0 saturated heterocycles. The number of nitrogens with zero attached hydrogens (tertiary/aromatic N) is 2. The molecule has 0 aliphatic rings. The average Bonchev–Trinajstić information content (AvgIpc) is 3.05. The van der Waals surface area contributed by atoms with E-state index in [9.17, 15) is 0 Å². The van der Waals surface area contributed by atoms with Gasteiger partial charge >= 0.3 is 0 Å². The first kappa shape index (κ1) is 12.0. The van der Waals surface area contributed by atoms with Gasteiger partial charge in [0, 0.05) is 0 Å². The maximum atomic E-state index is 5.75. The highest BCUT2D eigenvalue weighted by Crippen LogP contribution is 2.29. The lowest BCUT2D eigenvalue weighted by atomic mass is 10.3. The molecule has 2 aromatic heterocycles. The molecule has 0 saturated carbocycles. The van der Waals surface area contributed by atoms with Crippen LogP contribution in [0.5, 0.6) is 11.5 Å². The molecule has 0 fully saturated rings. The predicted octanol–water partition coefficient (Wildman–Crippen LogP) is 4.08. The molecular formula is C14H11BrN2O2. The summed E-state index contributed by atoms with van der Waals surface area (Å²) >= 11 is 3.49. The van der Waals surface area contributed by atoms with E-state index in [0.717, 1.165) is 16.1 Å². The highest BCUT2D eigenvalue weighted by Gasteiger charge is 2.11. The molecule has 5 heteroatoms. The van der Waals surface area contributed by atoms with E-state index in [-0.39, 0.29) is 0 Å². The number of benzene rings is 1. The third-order valence-corrected chi connectivity index (χ3v) is 3.40. The van der Waals surface area contributed by atoms with Crippen LogP contribution in [0.3, 0.4) is 0 Å². The Morgan fingerprint density at radius 2 is 2.00 bits per heavy atom. The summed E-state index contributed by atoms with van der Waals surface area (Å²) < 4.78 is 13.6. The van der Waals surface area contributed by atoms with Gasteiger partial charge in [0.15, 0.2) is 5.75 Å². The monoisotopic (exact) mass is 318 g/mol. The quantitative estimate of drug-likeness (QED) is 0.727. The normalized spacial score (nSPS) is 10.6. The lowest BCUT2D eigenvalue weighted by Gasteiger charge is -2.04. The summed E-state index contributed by atoms with van der Waals surface area (Å²) in [5.74, 6) is 2.30. The molecule has 0 atom stereocenters. The number of furan rings is 1. The second-order valence-corrected chi connectivity index (χ2v) is 4.70. The van der Waals surface area contributed by atoms with E-state index in [1.54, 1.807) is 17.1 Å². The average molecular weight is 319 g/mol. The fourth-order valence-corrected chi connectivity index (χ4v) is 2.10. The van der Waals surface area contributed by atoms with Gasteiger partial charge in [0.1, 0.15) is 22.7 Å². The molecule has 0 spiro atoms. The summed E-state index contributed by atoms with van der Waals surface area (Å²) in [6.07, 6.45) is 3.33. The largest absolute Gasteiger partial charge is 0.467 e. The van der Waals surface area contributed by atoms with Crippen LogP contribution in [0.15, 0.2) is 63.9 Å². The molecule has 0 amide bonds. The number of para-hydroxylation sites is 1. The van der Waals surface area contributed by atoms with Gasteiger partial charge in [-0.2, -0.15) is 5.10 Å². The molecule has 0 bridgehead atoms. The minimum Gasteiger partial charge on any atom is -0.467 e. The summed E-state index contributed by atoms with van der Waals surface area (Å²) in [5.41, 5.74) is 0. The van der Waals surface area contributed by atoms with Gasteiger partial charge in [0.2, 0.25) is 0 Å². The van der Waals surface area contributed by atoms with Crippen LogP contribution in [0.1, 0.15) is 5.76 Å². The van der Waals surface area contributed by atoms with Gasteiger partial charge in [-0.1, -0.05) is 18.2 Å². The van der Waals surface area contributed by atoms with Crippen LogP contribution in [0.25, 0.3) is 0 Å². The molecule has 3 aromatic rings. The Morgan fingerprint density at radius 1 is 1.16 bits per heavy atom. The zero-order valence-electron chi connectivity index (χ0n) is 9.99. The minimum absolute atomic E-state index is 0.561. The van der Waals surface area contributed by atoms with Crippen molar-refractivity contribution >= 4 is 15.9 Å². The van der Waals surface area contributed by atoms with Gasteiger partial charge in [-0.3, -0.25) is 0 Å². The second-order valence-electron chi connectivity index (χ2n) is 3.95. The first-order chi connectivity index (χ1) is 9.33. The van der Waals surface area contributed by atoms with Gasteiger partial charge in [0.25, 0.3) is 0 Å². The van der Waals surface area contributed by atoms with Crippen molar-refractivity contribution in [3.8, 4) is 11.5 Å². The number of hydrogen-bond acceptors (Lipinski definition) is 3. The zero-order valence-corrected chi connectivity index (χ0v) is 11.6. The van der Waals surface area contributed by atoms with Crippen molar-refractivity contribution in [1.82, 2.24) is 9.78 Å². The lowest BCUT2D eigenvalue weighted by molar-refractivity contribution is 0.465. The molecule has 0 aliphatic carbocycles. The molecule has 1 aromatic carbocycles. The van der Waals surface area contributed by atoms with Crippen LogP contribution in [-0.2, 0) is 6.54 Å². The molecular weight excluding hydrogens is 308 g/mol. The topological polar surface area (TPSA) is 40.2 Å². The summed E-state index contributed by atoms with van der Waals surface area (Å²) in [6, 6.07) is 13.4. The van der Waals surface area contributed by atoms with E-state index in [1.807, 2.05) is 42.5 Å². The van der Waals surface area contributed by atoms with Crippen LogP contribution < -0.4 is 4.74 Å². The van der Waals surface area contributed by atoms with E-state index < -0.39 is 0 Å². The second kappa shape index (κ2) is 5.32. The molecule has 4 nitrogen and oxygen atoms in total. The Hall–Kier alpha value is -2.01. The van der Waals surface area contributed by atoms with Crippen molar-refractivity contribution in [2.24, 2.45) is 0 Å². The molecule has 0 radical (unpaired) electrons. The summed E-state index contributed by atoms with van der Waals surface area (Å²) in [7, 11) is 0. The molecule has 3 rings (SSSR count). The van der Waals surface area contributed by atoms with Crippen molar-refractivity contribution in [3.05, 3.63) is 65.3 Å². The Balaban J connectivity index is 1.79. The van der Waals surface area contributed by atoms with Crippen LogP contribution >= 0.6 is 15.9 Å². The van der Waals surface area contributed by atoms with E-state index >= 15 is 0 Å². The fourth-order valence-electron chi connectivity index (χ4n) is 1.70. The zero-order chi connectivity index (χ0) is 13.1. The lowest BCUT2D eigenvalue weighted by Crippen LogP contribution is -2.00. The molecule has 0 N–H and O–H groups in total. The van der Waals surface area contributed by atoms with Crippen molar-refractivity contribution in [1.29, 1.82) is 0 Å². The van der Waals surface area contributed by atoms with Gasteiger partial charge < -0.3 is 9.15 Å². The highest BCUT2D eigenvalue weighted by atomic mass is 79.9. The van der Waals surface area contributed by atoms with E-state index in [0.29, 0.717) is 12.3 Å². The van der Waals surface area contributed by atoms with Gasteiger partial charge in [-0.25, -0.2) is 4.68 Å². The van der Waals surface area contributed by atoms with Crippen molar-refractivity contribution in [2.75, 3.05) is 0 Å². The number of hydrogen-bond donors (Lipinski definition) is 0. The van der Waals surface area contributed by atoms with E-state index in [2.05, 4.69) is 21.0 Å². The first-order valence-electron chi connectivity index (χ1n) is 5.79. The van der Waals surface area contributed by atoms with Gasteiger partial charge in [-0.05, 0) is 40.2 Å². The van der Waals surface area contributed by atoms with Crippen LogP contribution in [0.4, 0.5) is 0 Å². The van der Waals surface area contributed by atoms with Crippen LogP contribution in [-0.4, -0.2) is 9.78 Å². The van der Waals surface area contributed by atoms with Crippen molar-refractivity contribution in [3.63, 3.8) is 0 Å². The molecule has 0 unspecified atom stereocenters. The van der Waals surface area contributed by atoms with Crippen LogP contribution in [0, 0.1) is 0 Å². The maximum Gasteiger partial charge on any atom is 0.179 e. The molecule has 0 aliphatic heterocycles. The summed E-state index contributed by atoms with van der Waals surface area (Å²) in [4.78, 5) is 0. The third-order valence-electron chi connectivity index (χ3n) is 2.60. The third kappa shape index (κ3) is 2.71. The molecule has 2 heterocycles. The number of rotatable bonds is 4. The first-order valence-corrected chi connectivity index (χ1v) is 6.59. The van der Waals surface area contributed by atoms with E-state index in [4.69, 9.17) is 9.15 Å². The van der Waals surface area contributed by atoms with Gasteiger partial charge in [0.05, 0.1) is 12.5 Å². The minimum atomic E-state index is 0.561. The Bertz CT molecular complexity index is 647. The Labute approximate surface area is 118 Å².